The average molecular weight is 482 g/mol. The molecule has 2 N–H and O–H groups in total. The lowest BCUT2D eigenvalue weighted by Gasteiger charge is -2.22. The molecular weight excluding hydrogens is 458 g/mol. The van der Waals surface area contributed by atoms with Crippen molar-refractivity contribution in [2.24, 2.45) is 5.10 Å². The van der Waals surface area contributed by atoms with Gasteiger partial charge in [0.15, 0.2) is 0 Å². The van der Waals surface area contributed by atoms with Crippen LogP contribution in [0.3, 0.4) is 0 Å². The van der Waals surface area contributed by atoms with Crippen LogP contribution in [0.5, 0.6) is 5.88 Å². The van der Waals surface area contributed by atoms with Gasteiger partial charge >= 0.3 is 5.69 Å². The van der Waals surface area contributed by atoms with E-state index in [-0.39, 0.29) is 30.0 Å². The minimum atomic E-state index is -0.801. The average Bonchev–Trinajstić information content (AvgIpc) is 3.24. The number of H-pyrrole nitrogens is 1. The molecule has 0 radical (unpaired) electrons. The van der Waals surface area contributed by atoms with E-state index in [4.69, 9.17) is 11.6 Å². The molecule has 0 unspecified atom stereocenters. The number of anilines is 1. The highest BCUT2D eigenvalue weighted by Crippen LogP contribution is 2.35. The summed E-state index contributed by atoms with van der Waals surface area (Å²) in [5.41, 5.74) is 0.637. The molecule has 34 heavy (non-hydrogen) atoms. The molecule has 0 saturated carbocycles. The second-order valence-corrected chi connectivity index (χ2v) is 8.55. The van der Waals surface area contributed by atoms with Crippen molar-refractivity contribution in [2.45, 2.75) is 25.8 Å². The number of hydrogen-bond acceptors (Lipinski definition) is 6. The zero-order chi connectivity index (χ0) is 24.6. The molecule has 1 aliphatic heterocycles. The molecule has 1 aromatic heterocycles. The highest BCUT2D eigenvalue weighted by molar-refractivity contribution is 6.30. The Morgan fingerprint density at radius 2 is 1.79 bits per heavy atom. The molecule has 2 heterocycles. The predicted molar refractivity (Wildman–Crippen MR) is 131 cm³/mol. The number of aromatic hydroxyl groups is 1. The van der Waals surface area contributed by atoms with E-state index in [1.54, 1.807) is 31.2 Å². The second kappa shape index (κ2) is 9.18. The van der Waals surface area contributed by atoms with Crippen LogP contribution >= 0.6 is 11.6 Å². The molecule has 176 valence electrons. The number of amides is 1. The van der Waals surface area contributed by atoms with E-state index < -0.39 is 23.2 Å². The normalized spacial score (nSPS) is 15.4. The fourth-order valence-corrected chi connectivity index (χ4v) is 4.05. The van der Waals surface area contributed by atoms with Crippen molar-refractivity contribution in [3.8, 4) is 11.6 Å². The first kappa shape index (κ1) is 23.3. The quantitative estimate of drug-likeness (QED) is 0.582. The molecule has 0 bridgehead atoms. The van der Waals surface area contributed by atoms with Gasteiger partial charge < -0.3 is 10.0 Å². The van der Waals surface area contributed by atoms with Crippen LogP contribution in [0.25, 0.3) is 5.69 Å². The van der Waals surface area contributed by atoms with Crippen LogP contribution in [0.4, 0.5) is 5.69 Å². The number of rotatable bonds is 5. The van der Waals surface area contributed by atoms with E-state index in [0.29, 0.717) is 10.7 Å². The Labute approximate surface area is 200 Å². The minimum absolute atomic E-state index is 0.157. The maximum absolute atomic E-state index is 12.8. The number of halogens is 1. The van der Waals surface area contributed by atoms with Gasteiger partial charge in [-0.2, -0.15) is 5.10 Å². The maximum Gasteiger partial charge on any atom is 0.335 e. The Balaban J connectivity index is 1.80. The van der Waals surface area contributed by atoms with Crippen LogP contribution in [0.2, 0.25) is 5.02 Å². The van der Waals surface area contributed by atoms with Gasteiger partial charge in [0.05, 0.1) is 17.4 Å². The molecule has 1 aliphatic rings. The number of aromatic amines is 1. The van der Waals surface area contributed by atoms with Gasteiger partial charge in [-0.05, 0) is 42.0 Å². The fraction of sp³-hybridized carbons (Fsp3) is 0.250. The number of benzene rings is 2. The monoisotopic (exact) mass is 481 g/mol. The molecule has 4 rings (SSSR count). The third-order valence-electron chi connectivity index (χ3n) is 5.72. The molecule has 9 nitrogen and oxygen atoms in total. The van der Waals surface area contributed by atoms with Crippen LogP contribution in [-0.4, -0.2) is 45.4 Å². The molecule has 0 aliphatic carbocycles. The van der Waals surface area contributed by atoms with Crippen LogP contribution < -0.4 is 16.1 Å². The van der Waals surface area contributed by atoms with Crippen molar-refractivity contribution in [1.29, 1.82) is 0 Å². The summed E-state index contributed by atoms with van der Waals surface area (Å²) < 4.78 is 0.973. The first-order valence-corrected chi connectivity index (χ1v) is 11.1. The van der Waals surface area contributed by atoms with Crippen LogP contribution in [0.15, 0.2) is 63.2 Å². The minimum Gasteiger partial charge on any atom is -0.493 e. The van der Waals surface area contributed by atoms with Crippen LogP contribution in [0.1, 0.15) is 36.9 Å². The van der Waals surface area contributed by atoms with Gasteiger partial charge in [-0.1, -0.05) is 30.7 Å². The summed E-state index contributed by atoms with van der Waals surface area (Å²) in [5.74, 6) is -0.777. The van der Waals surface area contributed by atoms with Crippen LogP contribution in [0, 0.1) is 0 Å². The zero-order valence-electron chi connectivity index (χ0n) is 18.9. The summed E-state index contributed by atoms with van der Waals surface area (Å²) in [5, 5.41) is 17.2. The number of nitrogens with zero attached hydrogens (tertiary/aromatic N) is 4. The van der Waals surface area contributed by atoms with Gasteiger partial charge in [0.1, 0.15) is 5.56 Å². The van der Waals surface area contributed by atoms with Crippen molar-refractivity contribution in [2.75, 3.05) is 19.0 Å². The van der Waals surface area contributed by atoms with Gasteiger partial charge in [-0.3, -0.25) is 14.6 Å². The van der Waals surface area contributed by atoms with Crippen molar-refractivity contribution in [3.05, 3.63) is 85.5 Å². The van der Waals surface area contributed by atoms with E-state index in [1.165, 1.54) is 5.01 Å². The summed E-state index contributed by atoms with van der Waals surface area (Å²) in [6.45, 7) is 1.73. The summed E-state index contributed by atoms with van der Waals surface area (Å²) in [4.78, 5) is 42.2. The summed E-state index contributed by atoms with van der Waals surface area (Å²) >= 11 is 5.93. The second-order valence-electron chi connectivity index (χ2n) is 8.11. The first-order valence-electron chi connectivity index (χ1n) is 10.7. The lowest BCUT2D eigenvalue weighted by molar-refractivity contribution is -0.132. The molecular formula is C24H24ClN5O4. The first-order chi connectivity index (χ1) is 16.2. The molecule has 2 aromatic carbocycles. The molecule has 1 atom stereocenters. The Hall–Kier alpha value is -3.85. The number of carbonyl (C=O) groups excluding carboxylic acids is 1. The lowest BCUT2D eigenvalue weighted by atomic mass is 9.98. The number of hydrogen-bond donors (Lipinski definition) is 2. The number of carbonyl (C=O) groups is 1. The molecule has 0 saturated heterocycles. The van der Waals surface area contributed by atoms with Gasteiger partial charge in [0.2, 0.25) is 11.8 Å². The van der Waals surface area contributed by atoms with Gasteiger partial charge in [0.25, 0.3) is 5.56 Å². The molecule has 1 amide bonds. The van der Waals surface area contributed by atoms with Crippen molar-refractivity contribution >= 4 is 28.9 Å². The number of hydrazone groups is 1. The molecule has 10 heteroatoms. The molecule has 0 spiro atoms. The van der Waals surface area contributed by atoms with E-state index >= 15 is 0 Å². The Bertz CT molecular complexity index is 1370. The maximum atomic E-state index is 12.8. The molecule has 0 fully saturated rings. The van der Waals surface area contributed by atoms with Gasteiger partial charge in [-0.25, -0.2) is 14.4 Å². The predicted octanol–water partition coefficient (Wildman–Crippen LogP) is 3.04. The van der Waals surface area contributed by atoms with Crippen molar-refractivity contribution in [3.63, 3.8) is 0 Å². The van der Waals surface area contributed by atoms with Crippen molar-refractivity contribution in [1.82, 2.24) is 14.6 Å². The largest absolute Gasteiger partial charge is 0.493 e. The van der Waals surface area contributed by atoms with E-state index in [0.717, 1.165) is 15.8 Å². The Morgan fingerprint density at radius 3 is 2.38 bits per heavy atom. The number of aromatic nitrogens is 2. The third kappa shape index (κ3) is 4.22. The van der Waals surface area contributed by atoms with E-state index in [9.17, 15) is 19.5 Å². The van der Waals surface area contributed by atoms with Crippen molar-refractivity contribution < 1.29 is 9.90 Å². The number of nitrogens with one attached hydrogen (secondary N) is 1. The highest BCUT2D eigenvalue weighted by Gasteiger charge is 2.35. The van der Waals surface area contributed by atoms with Crippen LogP contribution in [-0.2, 0) is 4.79 Å². The SMILES string of the molecule is CCC(=O)N1N=C(c2c(O)n(-c3ccc(Cl)cc3)c(=O)[nH]c2=O)C[C@@H]1c1ccc(N(C)C)cc1. The third-order valence-corrected chi connectivity index (χ3v) is 5.97. The topological polar surface area (TPSA) is 111 Å². The van der Waals surface area contributed by atoms with E-state index in [1.807, 2.05) is 43.3 Å². The smallest absolute Gasteiger partial charge is 0.335 e. The Morgan fingerprint density at radius 1 is 1.15 bits per heavy atom. The van der Waals surface area contributed by atoms with Gasteiger partial charge in [0, 0.05) is 37.6 Å². The Kier molecular flexibility index (Phi) is 6.30. The summed E-state index contributed by atoms with van der Waals surface area (Å²) in [7, 11) is 3.87. The zero-order valence-corrected chi connectivity index (χ0v) is 19.7. The summed E-state index contributed by atoms with van der Waals surface area (Å²) in [6, 6.07) is 13.5. The lowest BCUT2D eigenvalue weighted by Crippen LogP contribution is -2.33. The van der Waals surface area contributed by atoms with Gasteiger partial charge in [-0.15, -0.1) is 0 Å². The summed E-state index contributed by atoms with van der Waals surface area (Å²) in [6.07, 6.45) is 0.415. The van der Waals surface area contributed by atoms with E-state index in [2.05, 4.69) is 10.1 Å². The standard InChI is InChI=1S/C24H24ClN5O4/c1-4-20(31)30-19(14-5-9-16(10-6-14)28(2)3)13-18(27-30)21-22(32)26-24(34)29(23(21)33)17-11-7-15(25)8-12-17/h5-12,19,33H,4,13H2,1-3H3,(H,26,32,34)/t19-/m1/s1. The highest BCUT2D eigenvalue weighted by atomic mass is 35.5. The molecule has 3 aromatic rings. The fourth-order valence-electron chi connectivity index (χ4n) is 3.92.